The molecule has 2 aromatic rings. The molecule has 0 fully saturated rings. The number of thiophene rings is 1. The van der Waals surface area contributed by atoms with Crippen molar-refractivity contribution in [1.82, 2.24) is 0 Å². The first-order chi connectivity index (χ1) is 9.11. The van der Waals surface area contributed by atoms with Gasteiger partial charge in [0.25, 0.3) is 0 Å². The van der Waals surface area contributed by atoms with Crippen LogP contribution < -0.4 is 0 Å². The van der Waals surface area contributed by atoms with Gasteiger partial charge in [0.15, 0.2) is 0 Å². The van der Waals surface area contributed by atoms with Crippen LogP contribution in [0.25, 0.3) is 0 Å². The predicted molar refractivity (Wildman–Crippen MR) is 89.5 cm³/mol. The summed E-state index contributed by atoms with van der Waals surface area (Å²) in [6.45, 7) is 6.75. The number of alkyl halides is 1. The van der Waals surface area contributed by atoms with Gasteiger partial charge in [0.1, 0.15) is 0 Å². The number of benzene rings is 1. The zero-order chi connectivity index (χ0) is 13.8. The number of hydrogen-bond donors (Lipinski definition) is 0. The molecule has 0 saturated heterocycles. The highest BCUT2D eigenvalue weighted by atomic mass is 79.9. The van der Waals surface area contributed by atoms with Crippen molar-refractivity contribution in [3.05, 3.63) is 57.3 Å². The van der Waals surface area contributed by atoms with Crippen molar-refractivity contribution in [3.8, 4) is 0 Å². The number of rotatable bonds is 5. The molecule has 0 aliphatic carbocycles. The van der Waals surface area contributed by atoms with Gasteiger partial charge in [-0.05, 0) is 46.9 Å². The van der Waals surface area contributed by atoms with Gasteiger partial charge in [0.05, 0.1) is 4.83 Å². The molecule has 1 aromatic carbocycles. The summed E-state index contributed by atoms with van der Waals surface area (Å²) in [5.74, 6) is 0.717. The maximum atomic E-state index is 3.85. The minimum Gasteiger partial charge on any atom is -0.147 e. The van der Waals surface area contributed by atoms with Crippen LogP contribution in [0.5, 0.6) is 0 Å². The van der Waals surface area contributed by atoms with E-state index >= 15 is 0 Å². The van der Waals surface area contributed by atoms with Crippen LogP contribution in [0.2, 0.25) is 0 Å². The molecule has 0 saturated carbocycles. The lowest BCUT2D eigenvalue weighted by Gasteiger charge is -2.12. The van der Waals surface area contributed by atoms with Crippen molar-refractivity contribution in [1.29, 1.82) is 0 Å². The highest BCUT2D eigenvalue weighted by Crippen LogP contribution is 2.36. The fraction of sp³-hybridized carbons (Fsp3) is 0.412. The average Bonchev–Trinajstić information content (AvgIpc) is 2.86. The predicted octanol–water partition coefficient (Wildman–Crippen LogP) is 5.99. The summed E-state index contributed by atoms with van der Waals surface area (Å²) in [5, 5.41) is 2.19. The Hall–Kier alpha value is -0.600. The van der Waals surface area contributed by atoms with E-state index in [1.165, 1.54) is 21.6 Å². The van der Waals surface area contributed by atoms with Crippen molar-refractivity contribution >= 4 is 27.3 Å². The van der Waals surface area contributed by atoms with Gasteiger partial charge in [0.2, 0.25) is 0 Å². The molecule has 1 aromatic heterocycles. The lowest BCUT2D eigenvalue weighted by atomic mass is 10.00. The van der Waals surface area contributed by atoms with Gasteiger partial charge in [-0.2, -0.15) is 0 Å². The quantitative estimate of drug-likeness (QED) is 0.588. The van der Waals surface area contributed by atoms with E-state index in [1.54, 1.807) is 0 Å². The Morgan fingerprint density at radius 3 is 2.37 bits per heavy atom. The molecular weight excluding hydrogens is 316 g/mol. The van der Waals surface area contributed by atoms with Gasteiger partial charge >= 0.3 is 0 Å². The molecule has 0 amide bonds. The van der Waals surface area contributed by atoms with Crippen LogP contribution >= 0.6 is 27.3 Å². The van der Waals surface area contributed by atoms with Crippen LogP contribution in [-0.4, -0.2) is 0 Å². The monoisotopic (exact) mass is 336 g/mol. The fourth-order valence-electron chi connectivity index (χ4n) is 2.31. The molecule has 1 heterocycles. The summed E-state index contributed by atoms with van der Waals surface area (Å²) in [4.78, 5) is 1.77. The van der Waals surface area contributed by atoms with E-state index in [2.05, 4.69) is 72.4 Å². The molecule has 1 unspecified atom stereocenters. The minimum absolute atomic E-state index is 0.329. The molecule has 0 N–H and O–H groups in total. The van der Waals surface area contributed by atoms with E-state index in [0.29, 0.717) is 4.83 Å². The van der Waals surface area contributed by atoms with Gasteiger partial charge in [-0.25, -0.2) is 0 Å². The summed E-state index contributed by atoms with van der Waals surface area (Å²) in [5.41, 5.74) is 4.24. The molecular formula is C17H21BrS. The number of halogens is 1. The Balaban J connectivity index is 2.18. The summed E-state index contributed by atoms with van der Waals surface area (Å²) in [6, 6.07) is 11.3. The van der Waals surface area contributed by atoms with Crippen LogP contribution in [0.15, 0.2) is 35.7 Å². The third-order valence-corrected chi connectivity index (χ3v) is 5.62. The lowest BCUT2D eigenvalue weighted by molar-refractivity contribution is 0.647. The standard InChI is InChI=1S/C17H21BrS/c1-4-14-9-10-19-17(14)16(18)15-7-5-13(6-8-15)11-12(2)3/h5-10,12,16H,4,11H2,1-3H3. The van der Waals surface area contributed by atoms with Crippen molar-refractivity contribution in [3.63, 3.8) is 0 Å². The maximum Gasteiger partial charge on any atom is 0.0740 e. The number of hydrogen-bond acceptors (Lipinski definition) is 1. The molecule has 0 nitrogen and oxygen atoms in total. The summed E-state index contributed by atoms with van der Waals surface area (Å²) >= 11 is 5.70. The molecule has 0 bridgehead atoms. The third-order valence-electron chi connectivity index (χ3n) is 3.31. The van der Waals surface area contributed by atoms with Crippen molar-refractivity contribution in [2.45, 2.75) is 38.4 Å². The summed E-state index contributed by atoms with van der Waals surface area (Å²) in [6.07, 6.45) is 2.26. The molecule has 0 spiro atoms. The molecule has 2 rings (SSSR count). The Morgan fingerprint density at radius 1 is 1.11 bits per heavy atom. The zero-order valence-electron chi connectivity index (χ0n) is 11.8. The molecule has 102 valence electrons. The van der Waals surface area contributed by atoms with Crippen LogP contribution in [-0.2, 0) is 12.8 Å². The molecule has 0 aliphatic rings. The molecule has 2 heteroatoms. The van der Waals surface area contributed by atoms with Crippen LogP contribution in [0, 0.1) is 5.92 Å². The van der Waals surface area contributed by atoms with Crippen LogP contribution in [0.4, 0.5) is 0 Å². The Morgan fingerprint density at radius 2 is 1.79 bits per heavy atom. The Kier molecular flexibility index (Phi) is 5.23. The van der Waals surface area contributed by atoms with E-state index in [9.17, 15) is 0 Å². The molecule has 1 atom stereocenters. The fourth-order valence-corrected chi connectivity index (χ4v) is 4.23. The summed E-state index contributed by atoms with van der Waals surface area (Å²) < 4.78 is 0. The van der Waals surface area contributed by atoms with Gasteiger partial charge in [-0.15, -0.1) is 11.3 Å². The van der Waals surface area contributed by atoms with E-state index in [-0.39, 0.29) is 0 Å². The minimum atomic E-state index is 0.329. The van der Waals surface area contributed by atoms with Crippen molar-refractivity contribution in [2.75, 3.05) is 0 Å². The van der Waals surface area contributed by atoms with Gasteiger partial charge < -0.3 is 0 Å². The normalized spacial score (nSPS) is 12.9. The highest BCUT2D eigenvalue weighted by molar-refractivity contribution is 9.09. The zero-order valence-corrected chi connectivity index (χ0v) is 14.2. The second-order valence-electron chi connectivity index (χ2n) is 5.37. The van der Waals surface area contributed by atoms with Crippen molar-refractivity contribution < 1.29 is 0 Å². The Bertz CT molecular complexity index is 510. The second kappa shape index (κ2) is 6.71. The maximum absolute atomic E-state index is 3.85. The van der Waals surface area contributed by atoms with Crippen LogP contribution in [0.1, 0.15) is 47.2 Å². The Labute approximate surface area is 129 Å². The first-order valence-electron chi connectivity index (χ1n) is 6.91. The SMILES string of the molecule is CCc1ccsc1C(Br)c1ccc(CC(C)C)cc1. The third kappa shape index (κ3) is 3.70. The average molecular weight is 337 g/mol. The largest absolute Gasteiger partial charge is 0.147 e. The van der Waals surface area contributed by atoms with Crippen LogP contribution in [0.3, 0.4) is 0 Å². The lowest BCUT2D eigenvalue weighted by Crippen LogP contribution is -1.96. The highest BCUT2D eigenvalue weighted by Gasteiger charge is 2.15. The first kappa shape index (κ1) is 14.8. The molecule has 0 radical (unpaired) electrons. The summed E-state index contributed by atoms with van der Waals surface area (Å²) in [7, 11) is 0. The van der Waals surface area contributed by atoms with E-state index in [4.69, 9.17) is 0 Å². The van der Waals surface area contributed by atoms with E-state index in [0.717, 1.165) is 18.8 Å². The second-order valence-corrected chi connectivity index (χ2v) is 7.23. The molecule has 19 heavy (non-hydrogen) atoms. The van der Waals surface area contributed by atoms with Crippen molar-refractivity contribution in [2.24, 2.45) is 5.92 Å². The first-order valence-corrected chi connectivity index (χ1v) is 8.70. The van der Waals surface area contributed by atoms with E-state index < -0.39 is 0 Å². The molecule has 0 aliphatic heterocycles. The topological polar surface area (TPSA) is 0 Å². The van der Waals surface area contributed by atoms with Gasteiger partial charge in [-0.3, -0.25) is 0 Å². The van der Waals surface area contributed by atoms with Gasteiger partial charge in [-0.1, -0.05) is 61.0 Å². The number of aryl methyl sites for hydroxylation is 1. The van der Waals surface area contributed by atoms with Gasteiger partial charge in [0, 0.05) is 4.88 Å². The smallest absolute Gasteiger partial charge is 0.0740 e. The van der Waals surface area contributed by atoms with E-state index in [1.807, 2.05) is 11.3 Å².